The number of nitrogens with one attached hydrogen (secondary N) is 1. The summed E-state index contributed by atoms with van der Waals surface area (Å²) in [4.78, 5) is 28.9. The third-order valence-electron chi connectivity index (χ3n) is 5.50. The smallest absolute Gasteiger partial charge is 0.227 e. The lowest BCUT2D eigenvalue weighted by atomic mass is 9.95. The Hall–Kier alpha value is -0.810. The molecule has 1 N–H and O–H groups in total. The summed E-state index contributed by atoms with van der Waals surface area (Å²) < 4.78 is 0. The normalized spacial score (nSPS) is 22.2. The first kappa shape index (κ1) is 21.2. The molecule has 0 aliphatic carbocycles. The van der Waals surface area contributed by atoms with E-state index in [1.54, 1.807) is 0 Å². The van der Waals surface area contributed by atoms with Gasteiger partial charge in [0.2, 0.25) is 11.8 Å². The molecule has 24 heavy (non-hydrogen) atoms. The predicted octanol–water partition coefficient (Wildman–Crippen LogP) is 2.29. The van der Waals surface area contributed by atoms with E-state index in [4.69, 9.17) is 0 Å². The number of nitrogens with zero attached hydrogens (tertiary/aromatic N) is 2. The number of halogens is 1. The lowest BCUT2D eigenvalue weighted by Gasteiger charge is -2.34. The minimum absolute atomic E-state index is 0. The molecule has 2 heterocycles. The zero-order valence-corrected chi connectivity index (χ0v) is 16.2. The van der Waals surface area contributed by atoms with E-state index in [1.807, 2.05) is 9.80 Å². The number of hydrogen-bond acceptors (Lipinski definition) is 3. The number of carbonyl (C=O) groups excluding carboxylic acids is 2. The number of rotatable bonds is 7. The number of amides is 2. The fourth-order valence-electron chi connectivity index (χ4n) is 3.94. The lowest BCUT2D eigenvalue weighted by Crippen LogP contribution is -2.44. The van der Waals surface area contributed by atoms with Crippen molar-refractivity contribution in [2.24, 2.45) is 11.8 Å². The standard InChI is InChI=1S/C18H33N3O2.ClH/c1-4-16(5-2)21-13-15(11-17(21)22)18(23)20-9-7-14(8-10-20)12-19-6-3;/h14-16,19H,4-13H2,1-3H3;1H. The predicted molar refractivity (Wildman–Crippen MR) is 99.3 cm³/mol. The molecule has 2 fully saturated rings. The van der Waals surface area contributed by atoms with E-state index in [-0.39, 0.29) is 30.1 Å². The highest BCUT2D eigenvalue weighted by molar-refractivity contribution is 5.89. The number of likely N-dealkylation sites (tertiary alicyclic amines) is 2. The molecule has 6 heteroatoms. The zero-order valence-electron chi connectivity index (χ0n) is 15.4. The van der Waals surface area contributed by atoms with E-state index in [1.165, 1.54) is 0 Å². The van der Waals surface area contributed by atoms with Crippen LogP contribution in [0.3, 0.4) is 0 Å². The van der Waals surface area contributed by atoms with Gasteiger partial charge in [0.1, 0.15) is 0 Å². The van der Waals surface area contributed by atoms with Crippen LogP contribution in [0.2, 0.25) is 0 Å². The first-order valence-corrected chi connectivity index (χ1v) is 9.39. The molecule has 0 radical (unpaired) electrons. The van der Waals surface area contributed by atoms with Crippen LogP contribution in [0.25, 0.3) is 0 Å². The highest BCUT2D eigenvalue weighted by atomic mass is 35.5. The van der Waals surface area contributed by atoms with Gasteiger partial charge >= 0.3 is 0 Å². The largest absolute Gasteiger partial charge is 0.342 e. The van der Waals surface area contributed by atoms with Crippen LogP contribution in [0.5, 0.6) is 0 Å². The van der Waals surface area contributed by atoms with Crippen molar-refractivity contribution in [2.45, 2.75) is 58.9 Å². The first-order chi connectivity index (χ1) is 11.1. The van der Waals surface area contributed by atoms with Crippen molar-refractivity contribution in [2.75, 3.05) is 32.7 Å². The molecule has 2 aliphatic rings. The van der Waals surface area contributed by atoms with Gasteiger partial charge in [-0.1, -0.05) is 20.8 Å². The van der Waals surface area contributed by atoms with Crippen LogP contribution in [0, 0.1) is 11.8 Å². The van der Waals surface area contributed by atoms with Gasteiger partial charge in [0.05, 0.1) is 5.92 Å². The Labute approximate surface area is 152 Å². The first-order valence-electron chi connectivity index (χ1n) is 9.39. The van der Waals surface area contributed by atoms with Crippen molar-refractivity contribution in [3.63, 3.8) is 0 Å². The van der Waals surface area contributed by atoms with E-state index >= 15 is 0 Å². The third-order valence-corrected chi connectivity index (χ3v) is 5.50. The summed E-state index contributed by atoms with van der Waals surface area (Å²) in [5, 5.41) is 3.40. The monoisotopic (exact) mass is 359 g/mol. The molecule has 0 aromatic rings. The van der Waals surface area contributed by atoms with Gasteiger partial charge in [-0.3, -0.25) is 9.59 Å². The van der Waals surface area contributed by atoms with Gasteiger partial charge in [-0.05, 0) is 44.7 Å². The SMILES string of the molecule is CCNCC1CCN(C(=O)C2CC(=O)N(C(CC)CC)C2)CC1.Cl. The molecule has 5 nitrogen and oxygen atoms in total. The average molecular weight is 360 g/mol. The van der Waals surface area contributed by atoms with Crippen molar-refractivity contribution < 1.29 is 9.59 Å². The molecule has 2 amide bonds. The molecule has 140 valence electrons. The molecule has 0 bridgehead atoms. The van der Waals surface area contributed by atoms with Gasteiger partial charge in [0.15, 0.2) is 0 Å². The van der Waals surface area contributed by atoms with E-state index in [0.29, 0.717) is 24.9 Å². The van der Waals surface area contributed by atoms with Crippen LogP contribution in [-0.4, -0.2) is 60.4 Å². The Morgan fingerprint density at radius 3 is 2.38 bits per heavy atom. The second-order valence-corrected chi connectivity index (χ2v) is 6.99. The van der Waals surface area contributed by atoms with Crippen LogP contribution in [-0.2, 0) is 9.59 Å². The summed E-state index contributed by atoms with van der Waals surface area (Å²) in [5.74, 6) is 0.937. The Balaban J connectivity index is 0.00000288. The van der Waals surface area contributed by atoms with Crippen molar-refractivity contribution in [1.29, 1.82) is 0 Å². The minimum atomic E-state index is -0.117. The summed E-state index contributed by atoms with van der Waals surface area (Å²) >= 11 is 0. The fraction of sp³-hybridized carbons (Fsp3) is 0.889. The molecular formula is C18H34ClN3O2. The molecule has 2 aliphatic heterocycles. The topological polar surface area (TPSA) is 52.7 Å². The van der Waals surface area contributed by atoms with Crippen LogP contribution in [0.1, 0.15) is 52.9 Å². The fourth-order valence-corrected chi connectivity index (χ4v) is 3.94. The van der Waals surface area contributed by atoms with Gasteiger partial charge < -0.3 is 15.1 Å². The Bertz CT molecular complexity index is 407. The summed E-state index contributed by atoms with van der Waals surface area (Å²) in [6.07, 6.45) is 4.51. The van der Waals surface area contributed by atoms with Gasteiger partial charge in [-0.15, -0.1) is 12.4 Å². The van der Waals surface area contributed by atoms with Gasteiger partial charge in [-0.25, -0.2) is 0 Å². The Morgan fingerprint density at radius 2 is 1.83 bits per heavy atom. The van der Waals surface area contributed by atoms with Crippen LogP contribution in [0.15, 0.2) is 0 Å². The molecule has 2 saturated heterocycles. The van der Waals surface area contributed by atoms with Crippen molar-refractivity contribution in [3.8, 4) is 0 Å². The average Bonchev–Trinajstić information content (AvgIpc) is 2.96. The molecule has 1 unspecified atom stereocenters. The van der Waals surface area contributed by atoms with Crippen LogP contribution < -0.4 is 5.32 Å². The molecule has 0 aromatic carbocycles. The number of hydrogen-bond donors (Lipinski definition) is 1. The van der Waals surface area contributed by atoms with E-state index in [0.717, 1.165) is 51.9 Å². The van der Waals surface area contributed by atoms with Gasteiger partial charge in [-0.2, -0.15) is 0 Å². The van der Waals surface area contributed by atoms with Crippen molar-refractivity contribution >= 4 is 24.2 Å². The maximum atomic E-state index is 12.7. The molecule has 1 atom stereocenters. The summed E-state index contributed by atoms with van der Waals surface area (Å²) in [5.41, 5.74) is 0. The highest BCUT2D eigenvalue weighted by Crippen LogP contribution is 2.26. The van der Waals surface area contributed by atoms with Crippen LogP contribution >= 0.6 is 12.4 Å². The Morgan fingerprint density at radius 1 is 1.21 bits per heavy atom. The second-order valence-electron chi connectivity index (χ2n) is 6.99. The Kier molecular flexibility index (Phi) is 9.06. The van der Waals surface area contributed by atoms with E-state index in [9.17, 15) is 9.59 Å². The third kappa shape index (κ3) is 5.09. The van der Waals surface area contributed by atoms with Crippen molar-refractivity contribution in [1.82, 2.24) is 15.1 Å². The van der Waals surface area contributed by atoms with Gasteiger partial charge in [0, 0.05) is 32.1 Å². The number of carbonyl (C=O) groups is 2. The molecule has 0 spiro atoms. The molecular weight excluding hydrogens is 326 g/mol. The molecule has 0 saturated carbocycles. The lowest BCUT2D eigenvalue weighted by molar-refractivity contribution is -0.137. The van der Waals surface area contributed by atoms with Crippen LogP contribution in [0.4, 0.5) is 0 Å². The molecule has 2 rings (SSSR count). The minimum Gasteiger partial charge on any atom is -0.342 e. The maximum absolute atomic E-state index is 12.7. The summed E-state index contributed by atoms with van der Waals surface area (Å²) in [6, 6.07) is 0.297. The van der Waals surface area contributed by atoms with E-state index in [2.05, 4.69) is 26.1 Å². The summed E-state index contributed by atoms with van der Waals surface area (Å²) in [7, 11) is 0. The number of piperidine rings is 1. The zero-order chi connectivity index (χ0) is 16.8. The highest BCUT2D eigenvalue weighted by Gasteiger charge is 2.39. The van der Waals surface area contributed by atoms with Crippen molar-refractivity contribution in [3.05, 3.63) is 0 Å². The van der Waals surface area contributed by atoms with Gasteiger partial charge in [0.25, 0.3) is 0 Å². The second kappa shape index (κ2) is 10.2. The molecule has 0 aromatic heterocycles. The summed E-state index contributed by atoms with van der Waals surface area (Å²) in [6.45, 7) is 10.8. The van der Waals surface area contributed by atoms with E-state index < -0.39 is 0 Å². The quantitative estimate of drug-likeness (QED) is 0.758. The maximum Gasteiger partial charge on any atom is 0.227 e.